The summed E-state index contributed by atoms with van der Waals surface area (Å²) in [6.07, 6.45) is 1.61. The van der Waals surface area contributed by atoms with Crippen LogP contribution in [-0.2, 0) is 4.79 Å². The second-order valence-corrected chi connectivity index (χ2v) is 6.87. The van der Waals surface area contributed by atoms with Crippen molar-refractivity contribution >= 4 is 29.0 Å². The van der Waals surface area contributed by atoms with Crippen LogP contribution >= 0.6 is 23.2 Å². The minimum absolute atomic E-state index is 0.0978. The lowest BCUT2D eigenvalue weighted by molar-refractivity contribution is -0.125. The number of benzene rings is 1. The first-order valence-electron chi connectivity index (χ1n) is 7.43. The van der Waals surface area contributed by atoms with Crippen molar-refractivity contribution in [3.05, 3.63) is 33.8 Å². The summed E-state index contributed by atoms with van der Waals surface area (Å²) in [5.74, 6) is 0.101. The van der Waals surface area contributed by atoms with Gasteiger partial charge < -0.3 is 10.4 Å². The van der Waals surface area contributed by atoms with Crippen LogP contribution in [0.15, 0.2) is 18.2 Å². The average molecular weight is 328 g/mol. The third-order valence-corrected chi connectivity index (χ3v) is 5.56. The molecule has 5 atom stereocenters. The van der Waals surface area contributed by atoms with E-state index in [-0.39, 0.29) is 29.7 Å². The first kappa shape index (κ1) is 15.3. The molecule has 21 heavy (non-hydrogen) atoms. The topological polar surface area (TPSA) is 49.3 Å². The highest BCUT2D eigenvalue weighted by Gasteiger charge is 2.49. The van der Waals surface area contributed by atoms with Crippen LogP contribution < -0.4 is 5.32 Å². The van der Waals surface area contributed by atoms with Gasteiger partial charge in [-0.1, -0.05) is 36.2 Å². The Hall–Kier alpha value is -0.610. The number of ketones is 1. The van der Waals surface area contributed by atoms with Crippen molar-refractivity contribution in [2.75, 3.05) is 0 Å². The van der Waals surface area contributed by atoms with Crippen LogP contribution in [0.3, 0.4) is 0 Å². The van der Waals surface area contributed by atoms with Gasteiger partial charge in [0, 0.05) is 24.4 Å². The van der Waals surface area contributed by atoms with E-state index in [2.05, 4.69) is 5.32 Å². The molecule has 0 saturated carbocycles. The number of carbonyl (C=O) groups excluding carboxylic acids is 1. The maximum atomic E-state index is 12.4. The number of fused-ring (bicyclic) bond motifs is 2. The molecule has 2 heterocycles. The molecule has 0 spiro atoms. The van der Waals surface area contributed by atoms with E-state index < -0.39 is 6.10 Å². The highest BCUT2D eigenvalue weighted by atomic mass is 35.5. The first-order valence-corrected chi connectivity index (χ1v) is 8.18. The lowest BCUT2D eigenvalue weighted by Gasteiger charge is -2.37. The van der Waals surface area contributed by atoms with E-state index in [9.17, 15) is 9.90 Å². The molecule has 2 fully saturated rings. The van der Waals surface area contributed by atoms with E-state index in [0.29, 0.717) is 16.5 Å². The molecular weight excluding hydrogens is 309 g/mol. The minimum Gasteiger partial charge on any atom is -0.391 e. The van der Waals surface area contributed by atoms with Crippen LogP contribution in [0.4, 0.5) is 0 Å². The third-order valence-electron chi connectivity index (χ3n) is 4.82. The van der Waals surface area contributed by atoms with E-state index >= 15 is 0 Å². The number of rotatable bonds is 3. The summed E-state index contributed by atoms with van der Waals surface area (Å²) in [5, 5.41) is 14.7. The molecule has 2 aliphatic rings. The van der Waals surface area contributed by atoms with E-state index in [1.165, 1.54) is 0 Å². The fourth-order valence-electron chi connectivity index (χ4n) is 3.85. The lowest BCUT2D eigenvalue weighted by Crippen LogP contribution is -2.50. The monoisotopic (exact) mass is 327 g/mol. The van der Waals surface area contributed by atoms with Crippen LogP contribution in [0, 0.1) is 5.92 Å². The molecule has 0 aromatic heterocycles. The van der Waals surface area contributed by atoms with Crippen LogP contribution in [0.2, 0.25) is 10.0 Å². The van der Waals surface area contributed by atoms with Gasteiger partial charge >= 0.3 is 0 Å². The summed E-state index contributed by atoms with van der Waals surface area (Å²) in [4.78, 5) is 12.4. The van der Waals surface area contributed by atoms with Gasteiger partial charge in [0.15, 0.2) is 0 Å². The van der Waals surface area contributed by atoms with Gasteiger partial charge in [-0.2, -0.15) is 0 Å². The van der Waals surface area contributed by atoms with E-state index in [4.69, 9.17) is 23.2 Å². The smallest absolute Gasteiger partial charge is 0.137 e. The Morgan fingerprint density at radius 2 is 2.10 bits per heavy atom. The Bertz CT molecular complexity index is 563. The zero-order valence-electron chi connectivity index (χ0n) is 11.9. The fraction of sp³-hybridized carbons (Fsp3) is 0.562. The number of Topliss-reactive ketones (excluding diaryl/α,β-unsaturated/α-hetero) is 1. The first-order chi connectivity index (χ1) is 10.0. The van der Waals surface area contributed by atoms with Crippen LogP contribution in [0.5, 0.6) is 0 Å². The Morgan fingerprint density at radius 1 is 1.33 bits per heavy atom. The Kier molecular flexibility index (Phi) is 4.28. The normalized spacial score (nSPS) is 35.0. The van der Waals surface area contributed by atoms with Crippen LogP contribution in [0.25, 0.3) is 0 Å². The molecule has 3 nitrogen and oxygen atoms in total. The van der Waals surface area contributed by atoms with Gasteiger partial charge in [0.05, 0.1) is 16.1 Å². The maximum Gasteiger partial charge on any atom is 0.137 e. The largest absolute Gasteiger partial charge is 0.391 e. The zero-order valence-corrected chi connectivity index (χ0v) is 13.4. The molecule has 2 saturated heterocycles. The highest BCUT2D eigenvalue weighted by Crippen LogP contribution is 2.43. The molecule has 0 aliphatic carbocycles. The number of aliphatic hydroxyl groups excluding tert-OH is 1. The van der Waals surface area contributed by atoms with Gasteiger partial charge in [-0.05, 0) is 36.5 Å². The summed E-state index contributed by atoms with van der Waals surface area (Å²) >= 11 is 12.1. The van der Waals surface area contributed by atoms with Crippen molar-refractivity contribution in [2.24, 2.45) is 5.92 Å². The number of nitrogens with one attached hydrogen (secondary N) is 1. The predicted octanol–water partition coefficient (Wildman–Crippen LogP) is 3.17. The van der Waals surface area contributed by atoms with Crippen molar-refractivity contribution in [3.8, 4) is 0 Å². The molecule has 1 aromatic carbocycles. The molecule has 5 heteroatoms. The Morgan fingerprint density at radius 3 is 2.76 bits per heavy atom. The van der Waals surface area contributed by atoms with E-state index in [1.54, 1.807) is 6.07 Å². The molecule has 2 bridgehead atoms. The van der Waals surface area contributed by atoms with Gasteiger partial charge in [-0.25, -0.2) is 0 Å². The minimum atomic E-state index is -0.441. The van der Waals surface area contributed by atoms with Crippen molar-refractivity contribution in [2.45, 2.75) is 50.3 Å². The summed E-state index contributed by atoms with van der Waals surface area (Å²) in [6, 6.07) is 5.72. The molecule has 2 unspecified atom stereocenters. The number of carbonyl (C=O) groups is 1. The summed E-state index contributed by atoms with van der Waals surface area (Å²) in [5.41, 5.74) is 1.04. The summed E-state index contributed by atoms with van der Waals surface area (Å²) in [6.45, 7) is 1.88. The van der Waals surface area contributed by atoms with E-state index in [1.807, 2.05) is 19.1 Å². The van der Waals surface area contributed by atoms with Crippen molar-refractivity contribution < 1.29 is 9.90 Å². The SMILES string of the molecule is CCC(=O)[C@H]1[C@H](c2ccc(Cl)c(Cl)c2)CC2CC(O)[C@@H]1N2. The van der Waals surface area contributed by atoms with Gasteiger partial charge in [-0.15, -0.1) is 0 Å². The Labute approximate surface area is 134 Å². The second kappa shape index (κ2) is 5.88. The molecule has 3 rings (SSSR count). The number of hydrogen-bond acceptors (Lipinski definition) is 3. The highest BCUT2D eigenvalue weighted by molar-refractivity contribution is 6.42. The summed E-state index contributed by atoms with van der Waals surface area (Å²) < 4.78 is 0. The van der Waals surface area contributed by atoms with Crippen molar-refractivity contribution in [3.63, 3.8) is 0 Å². The van der Waals surface area contributed by atoms with Crippen LogP contribution in [-0.4, -0.2) is 29.1 Å². The fourth-order valence-corrected chi connectivity index (χ4v) is 4.15. The molecule has 0 amide bonds. The van der Waals surface area contributed by atoms with E-state index in [0.717, 1.165) is 18.4 Å². The molecule has 2 aliphatic heterocycles. The Balaban J connectivity index is 1.98. The van der Waals surface area contributed by atoms with Gasteiger partial charge in [0.1, 0.15) is 5.78 Å². The number of aliphatic hydroxyl groups is 1. The summed E-state index contributed by atoms with van der Waals surface area (Å²) in [7, 11) is 0. The van der Waals surface area contributed by atoms with Gasteiger partial charge in [0.25, 0.3) is 0 Å². The van der Waals surface area contributed by atoms with Crippen molar-refractivity contribution in [1.82, 2.24) is 5.32 Å². The molecule has 2 N–H and O–H groups in total. The molecule has 0 radical (unpaired) electrons. The molecular formula is C16H19Cl2NO2. The number of halogens is 2. The number of hydrogen-bond donors (Lipinski definition) is 2. The second-order valence-electron chi connectivity index (χ2n) is 6.05. The third kappa shape index (κ3) is 2.72. The standard InChI is InChI=1S/C16H19Cl2NO2/c1-2-13(20)15-10(6-9-7-14(21)16(15)19-9)8-3-4-11(17)12(18)5-8/h3-5,9-10,14-16,19,21H,2,6-7H2,1H3/t9?,10-,14?,15+,16-/m0/s1. The molecule has 1 aromatic rings. The van der Waals surface area contributed by atoms with Gasteiger partial charge in [-0.3, -0.25) is 4.79 Å². The quantitative estimate of drug-likeness (QED) is 0.896. The van der Waals surface area contributed by atoms with Crippen LogP contribution in [0.1, 0.15) is 37.7 Å². The van der Waals surface area contributed by atoms with Gasteiger partial charge in [0.2, 0.25) is 0 Å². The average Bonchev–Trinajstić information content (AvgIpc) is 2.76. The maximum absolute atomic E-state index is 12.4. The van der Waals surface area contributed by atoms with Crippen molar-refractivity contribution in [1.29, 1.82) is 0 Å². The zero-order chi connectivity index (χ0) is 15.1. The lowest BCUT2D eigenvalue weighted by atomic mass is 9.74. The predicted molar refractivity (Wildman–Crippen MR) is 83.9 cm³/mol. The molecule has 114 valence electrons. The number of piperidine rings is 1.